The molecule has 0 radical (unpaired) electrons. The molecule has 3 rings (SSSR count). The molecule has 1 aliphatic heterocycles. The molecule has 134 valence electrons. The zero-order chi connectivity index (χ0) is 17.8. The number of nitrogens with zero attached hydrogens (tertiary/aromatic N) is 2. The molecule has 0 bridgehead atoms. The van der Waals surface area contributed by atoms with E-state index in [0.29, 0.717) is 22.5 Å². The van der Waals surface area contributed by atoms with Gasteiger partial charge in [0, 0.05) is 29.7 Å². The minimum absolute atomic E-state index is 0.0343. The van der Waals surface area contributed by atoms with E-state index >= 15 is 0 Å². The van der Waals surface area contributed by atoms with Crippen LogP contribution in [0.5, 0.6) is 0 Å². The third-order valence-electron chi connectivity index (χ3n) is 4.70. The van der Waals surface area contributed by atoms with Gasteiger partial charge in [0.15, 0.2) is 0 Å². The Balaban J connectivity index is 1.60. The topological polar surface area (TPSA) is 45.2 Å². The Labute approximate surface area is 158 Å². The minimum atomic E-state index is -0.0343. The first-order chi connectivity index (χ1) is 12.0. The zero-order valence-electron chi connectivity index (χ0n) is 14.7. The number of hydrogen-bond acceptors (Lipinski definition) is 4. The van der Waals surface area contributed by atoms with Crippen molar-refractivity contribution in [2.75, 3.05) is 19.6 Å². The summed E-state index contributed by atoms with van der Waals surface area (Å²) >= 11 is 7.47. The lowest BCUT2D eigenvalue weighted by molar-refractivity contribution is 0.0941. The lowest BCUT2D eigenvalue weighted by Gasteiger charge is -2.33. The van der Waals surface area contributed by atoms with Gasteiger partial charge in [-0.3, -0.25) is 9.69 Å². The van der Waals surface area contributed by atoms with Crippen molar-refractivity contribution in [3.05, 3.63) is 39.9 Å². The quantitative estimate of drug-likeness (QED) is 0.841. The standard InChI is InChI=1S/C19H24ClN3OS/c1-13-6-3-4-10-23(13)11-9-21-18(24)17-14(2)22-19(25-17)15-7-5-8-16(20)12-15/h5,7-8,12-13H,3-4,6,9-11H2,1-2H3,(H,21,24). The van der Waals surface area contributed by atoms with E-state index in [9.17, 15) is 4.79 Å². The fraction of sp³-hybridized carbons (Fsp3) is 0.474. The Morgan fingerprint density at radius 2 is 2.28 bits per heavy atom. The molecule has 0 aliphatic carbocycles. The fourth-order valence-corrected chi connectivity index (χ4v) is 4.40. The van der Waals surface area contributed by atoms with Crippen LogP contribution in [0.25, 0.3) is 10.6 Å². The molecule has 1 amide bonds. The molecule has 1 saturated heterocycles. The predicted molar refractivity (Wildman–Crippen MR) is 105 cm³/mol. The summed E-state index contributed by atoms with van der Waals surface area (Å²) in [5.41, 5.74) is 1.71. The number of piperidine rings is 1. The van der Waals surface area contributed by atoms with Gasteiger partial charge >= 0.3 is 0 Å². The van der Waals surface area contributed by atoms with Crippen LogP contribution in [0, 0.1) is 6.92 Å². The normalized spacial score (nSPS) is 18.3. The van der Waals surface area contributed by atoms with Crippen LogP contribution in [0.3, 0.4) is 0 Å². The number of hydrogen-bond donors (Lipinski definition) is 1. The molecular weight excluding hydrogens is 354 g/mol. The van der Waals surface area contributed by atoms with Crippen LogP contribution >= 0.6 is 22.9 Å². The number of amides is 1. The van der Waals surface area contributed by atoms with Crippen molar-refractivity contribution in [3.8, 4) is 10.6 Å². The van der Waals surface area contributed by atoms with Crippen LogP contribution in [-0.2, 0) is 0 Å². The summed E-state index contributed by atoms with van der Waals surface area (Å²) in [7, 11) is 0. The van der Waals surface area contributed by atoms with Gasteiger partial charge in [-0.15, -0.1) is 11.3 Å². The molecule has 1 fully saturated rings. The Morgan fingerprint density at radius 1 is 1.44 bits per heavy atom. The maximum absolute atomic E-state index is 12.5. The second-order valence-electron chi connectivity index (χ2n) is 6.58. The number of aryl methyl sites for hydroxylation is 1. The Morgan fingerprint density at radius 3 is 3.04 bits per heavy atom. The number of thiazole rings is 1. The summed E-state index contributed by atoms with van der Waals surface area (Å²) in [4.78, 5) is 20.2. The average molecular weight is 378 g/mol. The van der Waals surface area contributed by atoms with Crippen molar-refractivity contribution in [2.24, 2.45) is 0 Å². The van der Waals surface area contributed by atoms with Crippen LogP contribution < -0.4 is 5.32 Å². The summed E-state index contributed by atoms with van der Waals surface area (Å²) in [6.07, 6.45) is 3.83. The Bertz CT molecular complexity index is 746. The summed E-state index contributed by atoms with van der Waals surface area (Å²) in [5.74, 6) is -0.0343. The highest BCUT2D eigenvalue weighted by atomic mass is 35.5. The second kappa shape index (κ2) is 8.30. The van der Waals surface area contributed by atoms with E-state index in [1.54, 1.807) is 0 Å². The highest BCUT2D eigenvalue weighted by Gasteiger charge is 2.19. The SMILES string of the molecule is Cc1nc(-c2cccc(Cl)c2)sc1C(=O)NCCN1CCCCC1C. The maximum Gasteiger partial charge on any atom is 0.263 e. The van der Waals surface area contributed by atoms with Gasteiger partial charge in [0.25, 0.3) is 5.91 Å². The van der Waals surface area contributed by atoms with Crippen molar-refractivity contribution in [2.45, 2.75) is 39.2 Å². The van der Waals surface area contributed by atoms with Crippen LogP contribution in [-0.4, -0.2) is 41.5 Å². The van der Waals surface area contributed by atoms with Crippen LogP contribution in [0.15, 0.2) is 24.3 Å². The molecule has 2 heterocycles. The molecule has 1 aromatic heterocycles. The van der Waals surface area contributed by atoms with Crippen molar-refractivity contribution in [1.29, 1.82) is 0 Å². The molecule has 1 aliphatic rings. The van der Waals surface area contributed by atoms with Gasteiger partial charge in [-0.2, -0.15) is 0 Å². The Hall–Kier alpha value is -1.43. The first-order valence-corrected chi connectivity index (χ1v) is 9.99. The van der Waals surface area contributed by atoms with Crippen LogP contribution in [0.1, 0.15) is 41.6 Å². The minimum Gasteiger partial charge on any atom is -0.350 e. The lowest BCUT2D eigenvalue weighted by atomic mass is 10.0. The van der Waals surface area contributed by atoms with Gasteiger partial charge in [-0.1, -0.05) is 30.2 Å². The third kappa shape index (κ3) is 4.60. The molecule has 1 N–H and O–H groups in total. The van der Waals surface area contributed by atoms with Crippen molar-refractivity contribution in [3.63, 3.8) is 0 Å². The summed E-state index contributed by atoms with van der Waals surface area (Å²) in [5, 5.41) is 4.55. The Kier molecular flexibility index (Phi) is 6.10. The van der Waals surface area contributed by atoms with Gasteiger partial charge in [0.2, 0.25) is 0 Å². The predicted octanol–water partition coefficient (Wildman–Crippen LogP) is 4.38. The second-order valence-corrected chi connectivity index (χ2v) is 8.02. The lowest BCUT2D eigenvalue weighted by Crippen LogP contribution is -2.42. The number of benzene rings is 1. The van der Waals surface area contributed by atoms with Crippen molar-refractivity contribution in [1.82, 2.24) is 15.2 Å². The van der Waals surface area contributed by atoms with Gasteiger partial charge in [0.1, 0.15) is 9.88 Å². The molecule has 6 heteroatoms. The number of halogens is 1. The summed E-state index contributed by atoms with van der Waals surface area (Å²) < 4.78 is 0. The van der Waals surface area contributed by atoms with Gasteiger partial charge in [0.05, 0.1) is 5.69 Å². The van der Waals surface area contributed by atoms with Crippen LogP contribution in [0.2, 0.25) is 5.02 Å². The van der Waals surface area contributed by atoms with Crippen molar-refractivity contribution >= 4 is 28.8 Å². The molecule has 1 atom stereocenters. The molecular formula is C19H24ClN3OS. The zero-order valence-corrected chi connectivity index (χ0v) is 16.3. The molecule has 0 saturated carbocycles. The largest absolute Gasteiger partial charge is 0.350 e. The number of aromatic nitrogens is 1. The highest BCUT2D eigenvalue weighted by molar-refractivity contribution is 7.17. The monoisotopic (exact) mass is 377 g/mol. The molecule has 25 heavy (non-hydrogen) atoms. The summed E-state index contributed by atoms with van der Waals surface area (Å²) in [6, 6.07) is 8.18. The van der Waals surface area contributed by atoms with E-state index in [0.717, 1.165) is 29.4 Å². The van der Waals surface area contributed by atoms with Gasteiger partial charge in [-0.25, -0.2) is 4.98 Å². The molecule has 1 unspecified atom stereocenters. The van der Waals surface area contributed by atoms with E-state index in [-0.39, 0.29) is 5.91 Å². The van der Waals surface area contributed by atoms with E-state index < -0.39 is 0 Å². The fourth-order valence-electron chi connectivity index (χ4n) is 3.24. The average Bonchev–Trinajstić information content (AvgIpc) is 2.98. The number of carbonyl (C=O) groups excluding carboxylic acids is 1. The van der Waals surface area contributed by atoms with E-state index in [2.05, 4.69) is 22.1 Å². The van der Waals surface area contributed by atoms with E-state index in [1.165, 1.54) is 30.6 Å². The molecule has 2 aromatic rings. The number of rotatable bonds is 5. The van der Waals surface area contributed by atoms with Crippen molar-refractivity contribution < 1.29 is 4.79 Å². The first-order valence-electron chi connectivity index (χ1n) is 8.80. The van der Waals surface area contributed by atoms with Gasteiger partial charge in [-0.05, 0) is 45.4 Å². The molecule has 0 spiro atoms. The third-order valence-corrected chi connectivity index (χ3v) is 6.14. The number of nitrogens with one attached hydrogen (secondary N) is 1. The van der Waals surface area contributed by atoms with E-state index in [1.807, 2.05) is 31.2 Å². The molecule has 4 nitrogen and oxygen atoms in total. The number of carbonyl (C=O) groups is 1. The smallest absolute Gasteiger partial charge is 0.263 e. The van der Waals surface area contributed by atoms with E-state index in [4.69, 9.17) is 11.6 Å². The summed E-state index contributed by atoms with van der Waals surface area (Å²) in [6.45, 7) is 6.87. The number of likely N-dealkylation sites (tertiary alicyclic amines) is 1. The van der Waals surface area contributed by atoms with Crippen LogP contribution in [0.4, 0.5) is 0 Å². The maximum atomic E-state index is 12.5. The molecule has 1 aromatic carbocycles. The first kappa shape index (κ1) is 18.4. The highest BCUT2D eigenvalue weighted by Crippen LogP contribution is 2.29. The van der Waals surface area contributed by atoms with Gasteiger partial charge < -0.3 is 5.32 Å².